The topological polar surface area (TPSA) is 108 Å². The SMILES string of the molecule is CCCCCCCCC/C=C\CCCCCCCCCC(=O)NC(COP(=O)([O-])OCC[N+](C)(C)C)C(O)/C=C/CCCCCCCCCCCCCCCCCCCCCCCCCCC. The first-order valence-electron chi connectivity index (χ1n) is 29.2. The number of phosphoric ester groups is 1. The Kier molecular flexibility index (Phi) is 49.2. The summed E-state index contributed by atoms with van der Waals surface area (Å²) >= 11 is 0. The third kappa shape index (κ3) is 52.6. The van der Waals surface area contributed by atoms with Crippen molar-refractivity contribution in [3.8, 4) is 0 Å². The molecule has 0 aromatic carbocycles. The molecule has 398 valence electrons. The van der Waals surface area contributed by atoms with Crippen LogP contribution in [0.25, 0.3) is 0 Å². The first kappa shape index (κ1) is 66.0. The Bertz CT molecular complexity index is 1140. The van der Waals surface area contributed by atoms with Crippen LogP contribution in [0, 0.1) is 0 Å². The van der Waals surface area contributed by atoms with Crippen LogP contribution in [-0.2, 0) is 18.4 Å². The number of nitrogens with one attached hydrogen (secondary N) is 1. The van der Waals surface area contributed by atoms with E-state index in [1.54, 1.807) is 6.08 Å². The summed E-state index contributed by atoms with van der Waals surface area (Å²) < 4.78 is 23.4. The van der Waals surface area contributed by atoms with Crippen molar-refractivity contribution in [2.45, 2.75) is 302 Å². The van der Waals surface area contributed by atoms with Crippen LogP contribution >= 0.6 is 7.82 Å². The number of nitrogens with zero attached hydrogens (tertiary/aromatic N) is 1. The van der Waals surface area contributed by atoms with Gasteiger partial charge in [-0.3, -0.25) is 9.36 Å². The summed E-state index contributed by atoms with van der Waals surface area (Å²) in [6, 6.07) is -0.887. The van der Waals surface area contributed by atoms with Gasteiger partial charge in [0.1, 0.15) is 13.2 Å². The normalized spacial score (nSPS) is 14.1. The number of phosphoric acid groups is 1. The second kappa shape index (κ2) is 49.9. The third-order valence-corrected chi connectivity index (χ3v) is 14.4. The molecular formula is C58H115N2O6P. The summed E-state index contributed by atoms with van der Waals surface area (Å²) in [5.74, 6) is -0.198. The molecule has 3 unspecified atom stereocenters. The molecule has 0 saturated heterocycles. The first-order chi connectivity index (χ1) is 32.5. The molecule has 2 N–H and O–H groups in total. The third-order valence-electron chi connectivity index (χ3n) is 13.4. The zero-order valence-corrected chi connectivity index (χ0v) is 46.3. The van der Waals surface area contributed by atoms with Gasteiger partial charge in [-0.15, -0.1) is 0 Å². The van der Waals surface area contributed by atoms with Crippen LogP contribution in [0.5, 0.6) is 0 Å². The number of likely N-dealkylation sites (N-methyl/N-ethyl adjacent to an activating group) is 1. The van der Waals surface area contributed by atoms with E-state index in [4.69, 9.17) is 9.05 Å². The lowest BCUT2D eigenvalue weighted by molar-refractivity contribution is -0.870. The van der Waals surface area contributed by atoms with Gasteiger partial charge in [-0.05, 0) is 44.9 Å². The van der Waals surface area contributed by atoms with Crippen molar-refractivity contribution in [2.24, 2.45) is 0 Å². The monoisotopic (exact) mass is 967 g/mol. The molecule has 0 aromatic heterocycles. The average Bonchev–Trinajstić information content (AvgIpc) is 3.29. The zero-order valence-electron chi connectivity index (χ0n) is 45.4. The number of hydrogen-bond donors (Lipinski definition) is 2. The predicted molar refractivity (Wildman–Crippen MR) is 289 cm³/mol. The van der Waals surface area contributed by atoms with Crippen LogP contribution in [0.15, 0.2) is 24.3 Å². The van der Waals surface area contributed by atoms with Crippen molar-refractivity contribution >= 4 is 13.7 Å². The van der Waals surface area contributed by atoms with Gasteiger partial charge >= 0.3 is 0 Å². The summed E-state index contributed by atoms with van der Waals surface area (Å²) in [7, 11) is 1.27. The molecule has 9 heteroatoms. The predicted octanol–water partition coefficient (Wildman–Crippen LogP) is 17.0. The molecule has 0 aromatic rings. The number of carbonyl (C=O) groups is 1. The van der Waals surface area contributed by atoms with E-state index in [-0.39, 0.29) is 19.1 Å². The number of rotatable bonds is 54. The minimum atomic E-state index is -4.60. The van der Waals surface area contributed by atoms with Crippen molar-refractivity contribution in [2.75, 3.05) is 40.9 Å². The van der Waals surface area contributed by atoms with Crippen LogP contribution < -0.4 is 10.2 Å². The molecule has 0 aliphatic carbocycles. The standard InChI is InChI=1S/C58H115N2O6P/c1-6-8-10-12-14-16-18-20-22-24-26-27-28-29-30-31-32-33-34-35-37-39-41-43-45-47-49-51-57(61)56(55-66-67(63,64)65-54-53-60(3,4)5)59-58(62)52-50-48-46-44-42-40-38-36-25-23-21-19-17-15-13-11-9-7-2/h23,25,49,51,56-57,61H,6-22,24,26-48,50,52-55H2,1-5H3,(H-,59,62,63,64)/b25-23-,51-49+. The highest BCUT2D eigenvalue weighted by Gasteiger charge is 2.23. The van der Waals surface area contributed by atoms with Crippen molar-refractivity contribution in [3.63, 3.8) is 0 Å². The first-order valence-corrected chi connectivity index (χ1v) is 30.7. The molecular weight excluding hydrogens is 852 g/mol. The number of hydrogen-bond acceptors (Lipinski definition) is 6. The highest BCUT2D eigenvalue weighted by Crippen LogP contribution is 2.38. The Hall–Kier alpha value is -1.02. The van der Waals surface area contributed by atoms with Gasteiger partial charge in [-0.25, -0.2) is 0 Å². The van der Waals surface area contributed by atoms with E-state index in [1.165, 1.54) is 231 Å². The molecule has 0 fully saturated rings. The minimum Gasteiger partial charge on any atom is -0.756 e. The van der Waals surface area contributed by atoms with Gasteiger partial charge in [-0.2, -0.15) is 0 Å². The summed E-state index contributed by atoms with van der Waals surface area (Å²) in [5.41, 5.74) is 0. The molecule has 0 bridgehead atoms. The van der Waals surface area contributed by atoms with Gasteiger partial charge in [0.2, 0.25) is 5.91 Å². The Morgan fingerprint density at radius 2 is 0.821 bits per heavy atom. The number of aliphatic hydroxyl groups excluding tert-OH is 1. The number of allylic oxidation sites excluding steroid dienone is 3. The van der Waals surface area contributed by atoms with Gasteiger partial charge in [0.05, 0.1) is 39.9 Å². The van der Waals surface area contributed by atoms with E-state index < -0.39 is 20.0 Å². The van der Waals surface area contributed by atoms with Crippen LogP contribution in [0.2, 0.25) is 0 Å². The summed E-state index contributed by atoms with van der Waals surface area (Å²) in [5, 5.41) is 13.9. The second-order valence-corrected chi connectivity index (χ2v) is 22.8. The fraction of sp³-hybridized carbons (Fsp3) is 0.914. The van der Waals surface area contributed by atoms with E-state index in [1.807, 2.05) is 27.2 Å². The summed E-state index contributed by atoms with van der Waals surface area (Å²) in [6.45, 7) is 4.68. The molecule has 0 aliphatic rings. The Morgan fingerprint density at radius 3 is 1.16 bits per heavy atom. The van der Waals surface area contributed by atoms with Crippen LogP contribution in [-0.4, -0.2) is 68.5 Å². The van der Waals surface area contributed by atoms with E-state index in [9.17, 15) is 19.4 Å². The Balaban J connectivity index is 4.17. The zero-order chi connectivity index (χ0) is 49.2. The highest BCUT2D eigenvalue weighted by atomic mass is 31.2. The number of carbonyl (C=O) groups excluding carboxylic acids is 1. The van der Waals surface area contributed by atoms with Gasteiger partial charge in [-0.1, -0.05) is 263 Å². The van der Waals surface area contributed by atoms with E-state index in [0.29, 0.717) is 17.4 Å². The maximum Gasteiger partial charge on any atom is 0.268 e. The number of unbranched alkanes of at least 4 members (excludes halogenated alkanes) is 39. The molecule has 0 aliphatic heterocycles. The number of amides is 1. The van der Waals surface area contributed by atoms with E-state index in [2.05, 4.69) is 31.3 Å². The average molecular weight is 968 g/mol. The largest absolute Gasteiger partial charge is 0.756 e. The molecule has 0 saturated carbocycles. The van der Waals surface area contributed by atoms with Crippen molar-refractivity contribution in [1.82, 2.24) is 5.32 Å². The fourth-order valence-electron chi connectivity index (χ4n) is 8.80. The molecule has 0 heterocycles. The van der Waals surface area contributed by atoms with Crippen molar-refractivity contribution in [1.29, 1.82) is 0 Å². The van der Waals surface area contributed by atoms with E-state index >= 15 is 0 Å². The summed E-state index contributed by atoms with van der Waals surface area (Å²) in [4.78, 5) is 25.5. The lowest BCUT2D eigenvalue weighted by Gasteiger charge is -2.29. The molecule has 3 atom stereocenters. The van der Waals surface area contributed by atoms with Gasteiger partial charge in [0.25, 0.3) is 7.82 Å². The molecule has 0 radical (unpaired) electrons. The summed E-state index contributed by atoms with van der Waals surface area (Å²) in [6.07, 6.45) is 62.5. The molecule has 8 nitrogen and oxygen atoms in total. The highest BCUT2D eigenvalue weighted by molar-refractivity contribution is 7.45. The van der Waals surface area contributed by atoms with Gasteiger partial charge in [0.15, 0.2) is 0 Å². The second-order valence-electron chi connectivity index (χ2n) is 21.4. The maximum atomic E-state index is 12.9. The Morgan fingerprint density at radius 1 is 0.507 bits per heavy atom. The Labute approximate surface area is 417 Å². The lowest BCUT2D eigenvalue weighted by Crippen LogP contribution is -2.45. The van der Waals surface area contributed by atoms with Crippen molar-refractivity contribution in [3.05, 3.63) is 24.3 Å². The smallest absolute Gasteiger partial charge is 0.268 e. The lowest BCUT2D eigenvalue weighted by atomic mass is 10.0. The van der Waals surface area contributed by atoms with Crippen LogP contribution in [0.3, 0.4) is 0 Å². The van der Waals surface area contributed by atoms with Crippen LogP contribution in [0.1, 0.15) is 290 Å². The quantitative estimate of drug-likeness (QED) is 0.0272. The van der Waals surface area contributed by atoms with Gasteiger partial charge < -0.3 is 28.8 Å². The molecule has 67 heavy (non-hydrogen) atoms. The molecule has 1 amide bonds. The van der Waals surface area contributed by atoms with Crippen LogP contribution in [0.4, 0.5) is 0 Å². The molecule has 0 spiro atoms. The van der Waals surface area contributed by atoms with E-state index in [0.717, 1.165) is 38.5 Å². The van der Waals surface area contributed by atoms with Gasteiger partial charge in [0, 0.05) is 6.42 Å². The molecule has 0 rings (SSSR count). The minimum absolute atomic E-state index is 0.000222. The fourth-order valence-corrected chi connectivity index (χ4v) is 9.52. The number of quaternary nitrogens is 1. The van der Waals surface area contributed by atoms with Crippen molar-refractivity contribution < 1.29 is 32.9 Å². The maximum absolute atomic E-state index is 12.9. The number of aliphatic hydroxyl groups is 1.